The summed E-state index contributed by atoms with van der Waals surface area (Å²) in [5.74, 6) is -1.05. The number of hydrogen-bond acceptors (Lipinski definition) is 10. The molecule has 0 saturated heterocycles. The van der Waals surface area contributed by atoms with Crippen LogP contribution < -0.4 is 10.6 Å². The highest BCUT2D eigenvalue weighted by Crippen LogP contribution is 2.50. The van der Waals surface area contributed by atoms with Gasteiger partial charge in [-0.1, -0.05) is 23.7 Å². The number of halogens is 3. The van der Waals surface area contributed by atoms with Crippen LogP contribution in [0, 0.1) is 11.6 Å². The van der Waals surface area contributed by atoms with E-state index in [-0.39, 0.29) is 30.0 Å². The van der Waals surface area contributed by atoms with Gasteiger partial charge in [-0.15, -0.1) is 0 Å². The summed E-state index contributed by atoms with van der Waals surface area (Å²) in [4.78, 5) is 31.2. The maximum atomic E-state index is 13.9. The van der Waals surface area contributed by atoms with Crippen LogP contribution in [0.25, 0.3) is 10.8 Å². The maximum absolute atomic E-state index is 13.9. The minimum atomic E-state index is -4.09. The molecule has 3 atom stereocenters. The van der Waals surface area contributed by atoms with Crippen LogP contribution in [-0.4, -0.2) is 75.3 Å². The Kier molecular flexibility index (Phi) is 13.7. The molecule has 246 valence electrons. The second-order valence-electron chi connectivity index (χ2n) is 9.48. The molecule has 13 nitrogen and oxygen atoms in total. The molecule has 0 spiro atoms. The first-order valence-corrected chi connectivity index (χ1v) is 16.6. The summed E-state index contributed by atoms with van der Waals surface area (Å²) in [7, 11) is -1.97. The minimum Gasteiger partial charge on any atom is -0.447 e. The van der Waals surface area contributed by atoms with Crippen LogP contribution in [0.2, 0.25) is 5.02 Å². The highest BCUT2D eigenvalue weighted by Gasteiger charge is 2.33. The molecule has 2 unspecified atom stereocenters. The number of hydrogen-bond donors (Lipinski definition) is 2. The van der Waals surface area contributed by atoms with Crippen LogP contribution in [0.1, 0.15) is 12.0 Å². The SMILES string of the molecule is CO[PH](=O)CC(C[C@@H](COC(=O)Nc1cc2cc(F)ccc2cn1)N(C)C(=O)NCc1cccc(F)c1Cl)OP(=O)(OC)OC. The standard InChI is InChI=1S/C27H33ClF2N4O9P2/c1-34(26(35)32-14-18-6-5-7-23(30)25(18)28)21(12-22(16-44(37)39-2)43-45(38,40-3)41-4)15-42-27(36)33-24-11-19-10-20(29)9-8-17(19)13-31-24/h5-11,13,21-22,44H,12,14-16H2,1-4H3,(H,32,35)(H,31,33,36)/t21-,22?/m0/s1. The van der Waals surface area contributed by atoms with Gasteiger partial charge in [0.1, 0.15) is 24.1 Å². The molecule has 0 aliphatic heterocycles. The normalized spacial score (nSPS) is 13.6. The van der Waals surface area contributed by atoms with Crippen LogP contribution in [0.15, 0.2) is 48.7 Å². The van der Waals surface area contributed by atoms with Crippen LogP contribution in [-0.2, 0) is 38.5 Å². The van der Waals surface area contributed by atoms with Crippen molar-refractivity contribution in [3.05, 3.63) is 70.9 Å². The fourth-order valence-electron chi connectivity index (χ4n) is 4.06. The summed E-state index contributed by atoms with van der Waals surface area (Å²) in [6.45, 7) is -0.571. The molecule has 0 fully saturated rings. The van der Waals surface area contributed by atoms with Gasteiger partial charge in [-0.05, 0) is 47.7 Å². The first-order chi connectivity index (χ1) is 21.4. The van der Waals surface area contributed by atoms with E-state index in [0.717, 1.165) is 14.2 Å². The van der Waals surface area contributed by atoms with Crippen molar-refractivity contribution < 1.29 is 50.3 Å². The van der Waals surface area contributed by atoms with Crippen molar-refractivity contribution in [3.63, 3.8) is 0 Å². The number of anilines is 1. The third kappa shape index (κ3) is 10.7. The fraction of sp³-hybridized carbons (Fsp3) is 0.370. The molecule has 45 heavy (non-hydrogen) atoms. The highest BCUT2D eigenvalue weighted by molar-refractivity contribution is 7.48. The molecule has 3 amide bonds. The van der Waals surface area contributed by atoms with E-state index in [1.165, 1.54) is 67.7 Å². The Bertz CT molecular complexity index is 1560. The maximum Gasteiger partial charge on any atom is 0.474 e. The Morgan fingerprint density at radius 2 is 1.84 bits per heavy atom. The number of nitrogens with one attached hydrogen (secondary N) is 2. The van der Waals surface area contributed by atoms with Crippen LogP contribution in [0.4, 0.5) is 24.2 Å². The summed E-state index contributed by atoms with van der Waals surface area (Å²) in [6.07, 6.45) is -1.05. The third-order valence-electron chi connectivity index (χ3n) is 6.53. The van der Waals surface area contributed by atoms with Gasteiger partial charge in [0, 0.05) is 52.7 Å². The second kappa shape index (κ2) is 17.0. The van der Waals surface area contributed by atoms with E-state index in [0.29, 0.717) is 16.3 Å². The van der Waals surface area contributed by atoms with E-state index in [2.05, 4.69) is 15.6 Å². The number of nitrogens with zero attached hydrogens (tertiary/aromatic N) is 2. The molecular formula is C27H33ClF2N4O9P2. The van der Waals surface area contributed by atoms with Gasteiger partial charge in [0.05, 0.1) is 17.2 Å². The molecule has 1 aromatic heterocycles. The van der Waals surface area contributed by atoms with Gasteiger partial charge in [0.15, 0.2) is 8.03 Å². The van der Waals surface area contributed by atoms with Crippen molar-refractivity contribution in [3.8, 4) is 0 Å². The number of carbonyl (C=O) groups excluding carboxylic acids is 2. The Morgan fingerprint density at radius 3 is 2.53 bits per heavy atom. The quantitative estimate of drug-likeness (QED) is 0.175. The van der Waals surface area contributed by atoms with E-state index in [4.69, 9.17) is 34.4 Å². The summed E-state index contributed by atoms with van der Waals surface area (Å²) in [5.41, 5.74) is 0.314. The van der Waals surface area contributed by atoms with Crippen molar-refractivity contribution in [1.82, 2.24) is 15.2 Å². The van der Waals surface area contributed by atoms with E-state index in [1.807, 2.05) is 0 Å². The van der Waals surface area contributed by atoms with Crippen molar-refractivity contribution in [2.75, 3.05) is 46.5 Å². The number of fused-ring (bicyclic) bond motifs is 1. The van der Waals surface area contributed by atoms with E-state index in [1.54, 1.807) is 0 Å². The van der Waals surface area contributed by atoms with Crippen molar-refractivity contribution in [1.29, 1.82) is 0 Å². The van der Waals surface area contributed by atoms with Gasteiger partial charge in [-0.25, -0.2) is 27.9 Å². The predicted molar refractivity (Wildman–Crippen MR) is 164 cm³/mol. The molecule has 2 aromatic carbocycles. The molecule has 18 heteroatoms. The van der Waals surface area contributed by atoms with Gasteiger partial charge in [-0.2, -0.15) is 0 Å². The summed E-state index contributed by atoms with van der Waals surface area (Å²) in [5, 5.41) is 6.03. The number of benzene rings is 2. The number of urea groups is 1. The smallest absolute Gasteiger partial charge is 0.447 e. The number of carbonyl (C=O) groups is 2. The zero-order chi connectivity index (χ0) is 33.1. The molecule has 3 rings (SSSR count). The zero-order valence-corrected chi connectivity index (χ0v) is 27.4. The first-order valence-electron chi connectivity index (χ1n) is 13.3. The highest BCUT2D eigenvalue weighted by atomic mass is 35.5. The predicted octanol–water partition coefficient (Wildman–Crippen LogP) is 6.22. The van der Waals surface area contributed by atoms with Gasteiger partial charge < -0.3 is 19.5 Å². The van der Waals surface area contributed by atoms with Gasteiger partial charge >= 0.3 is 19.9 Å². The molecule has 1 heterocycles. The van der Waals surface area contributed by atoms with Gasteiger partial charge in [0.2, 0.25) is 0 Å². The molecule has 0 bridgehead atoms. The number of phosphoric ester groups is 1. The van der Waals surface area contributed by atoms with Crippen molar-refractivity contribution >= 4 is 56.2 Å². The van der Waals surface area contributed by atoms with Gasteiger partial charge in [0.25, 0.3) is 0 Å². The number of amides is 3. The number of likely N-dealkylation sites (N-methyl/N-ethyl adjacent to an activating group) is 1. The lowest BCUT2D eigenvalue weighted by molar-refractivity contribution is 0.0701. The summed E-state index contributed by atoms with van der Waals surface area (Å²) in [6, 6.07) is 8.04. The van der Waals surface area contributed by atoms with Crippen LogP contribution in [0.5, 0.6) is 0 Å². The number of aromatic nitrogens is 1. The molecule has 2 N–H and O–H groups in total. The molecular weight excluding hydrogens is 660 g/mol. The van der Waals surface area contributed by atoms with Crippen molar-refractivity contribution in [2.24, 2.45) is 0 Å². The third-order valence-corrected chi connectivity index (χ3v) is 9.65. The summed E-state index contributed by atoms with van der Waals surface area (Å²) >= 11 is 6.00. The Hall–Kier alpha value is -3.16. The van der Waals surface area contributed by atoms with Crippen LogP contribution >= 0.6 is 27.5 Å². The van der Waals surface area contributed by atoms with Gasteiger partial charge in [-0.3, -0.25) is 23.5 Å². The Morgan fingerprint density at radius 1 is 1.11 bits per heavy atom. The number of ether oxygens (including phenoxy) is 1. The average molecular weight is 693 g/mol. The zero-order valence-electron chi connectivity index (χ0n) is 24.8. The van der Waals surface area contributed by atoms with E-state index in [9.17, 15) is 27.5 Å². The number of pyridine rings is 1. The summed E-state index contributed by atoms with van der Waals surface area (Å²) < 4.78 is 78.1. The van der Waals surface area contributed by atoms with Crippen molar-refractivity contribution in [2.45, 2.75) is 25.1 Å². The molecule has 3 aromatic rings. The average Bonchev–Trinajstić information content (AvgIpc) is 3.02. The monoisotopic (exact) mass is 692 g/mol. The Labute approximate surface area is 263 Å². The largest absolute Gasteiger partial charge is 0.474 e. The number of phosphoric acid groups is 1. The molecule has 0 aliphatic rings. The molecule has 0 aliphatic carbocycles. The number of rotatable bonds is 15. The fourth-order valence-corrected chi connectivity index (χ4v) is 6.03. The molecule has 0 saturated carbocycles. The first kappa shape index (κ1) is 36.3. The molecule has 0 radical (unpaired) electrons. The topological polar surface area (TPSA) is 155 Å². The second-order valence-corrected chi connectivity index (χ2v) is 13.3. The Balaban J connectivity index is 1.79. The van der Waals surface area contributed by atoms with E-state index >= 15 is 0 Å². The van der Waals surface area contributed by atoms with E-state index < -0.39 is 58.4 Å². The lowest BCUT2D eigenvalue weighted by Gasteiger charge is -2.31. The lowest BCUT2D eigenvalue weighted by Crippen LogP contribution is -2.47. The van der Waals surface area contributed by atoms with Crippen LogP contribution in [0.3, 0.4) is 0 Å². The minimum absolute atomic E-state index is 0.0775. The lowest BCUT2D eigenvalue weighted by atomic mass is 10.1.